The smallest absolute Gasteiger partial charge is 0.262 e. The molecule has 2 aliphatic heterocycles. The Labute approximate surface area is 187 Å². The summed E-state index contributed by atoms with van der Waals surface area (Å²) in [6.45, 7) is 9.07. The van der Waals surface area contributed by atoms with Crippen LogP contribution in [0.25, 0.3) is 0 Å². The van der Waals surface area contributed by atoms with Crippen molar-refractivity contribution in [3.8, 4) is 0 Å². The number of carbonyl (C=O) groups excluding carboxylic acids is 4. The van der Waals surface area contributed by atoms with E-state index in [1.165, 1.54) is 11.0 Å². The zero-order valence-corrected chi connectivity index (χ0v) is 18.8. The SMILES string of the molecule is Cc1cccc(C(=O)N2CCN(C(=O)c3ccc4c(c3)C(=O)N(C(C)(C)C)C4=O)CC2)c1. The molecule has 0 saturated carbocycles. The number of benzene rings is 2. The van der Waals surface area contributed by atoms with Gasteiger partial charge >= 0.3 is 0 Å². The predicted octanol–water partition coefficient (Wildman–Crippen LogP) is 2.99. The Morgan fingerprint density at radius 2 is 1.28 bits per heavy atom. The molecule has 0 spiro atoms. The molecule has 0 N–H and O–H groups in total. The van der Waals surface area contributed by atoms with E-state index >= 15 is 0 Å². The van der Waals surface area contributed by atoms with Crippen LogP contribution in [-0.4, -0.2) is 70.0 Å². The van der Waals surface area contributed by atoms with Gasteiger partial charge in [0.2, 0.25) is 0 Å². The summed E-state index contributed by atoms with van der Waals surface area (Å²) in [6, 6.07) is 12.2. The summed E-state index contributed by atoms with van der Waals surface area (Å²) in [7, 11) is 0. The van der Waals surface area contributed by atoms with Gasteiger partial charge in [-0.15, -0.1) is 0 Å². The third kappa shape index (κ3) is 3.79. The molecule has 1 saturated heterocycles. The second kappa shape index (κ2) is 7.89. The van der Waals surface area contributed by atoms with E-state index in [2.05, 4.69) is 0 Å². The van der Waals surface area contributed by atoms with E-state index in [0.29, 0.717) is 42.9 Å². The zero-order chi connectivity index (χ0) is 23.2. The molecule has 32 heavy (non-hydrogen) atoms. The highest BCUT2D eigenvalue weighted by molar-refractivity contribution is 6.22. The number of hydrogen-bond acceptors (Lipinski definition) is 4. The molecule has 0 aromatic heterocycles. The Kier molecular flexibility index (Phi) is 5.36. The van der Waals surface area contributed by atoms with Crippen LogP contribution >= 0.6 is 0 Å². The fourth-order valence-electron chi connectivity index (χ4n) is 4.24. The van der Waals surface area contributed by atoms with Crippen LogP contribution in [-0.2, 0) is 0 Å². The molecule has 7 nitrogen and oxygen atoms in total. The van der Waals surface area contributed by atoms with Gasteiger partial charge in [0.15, 0.2) is 0 Å². The second-order valence-corrected chi connectivity index (χ2v) is 9.33. The lowest BCUT2D eigenvalue weighted by atomic mass is 10.0. The van der Waals surface area contributed by atoms with Crippen molar-refractivity contribution >= 4 is 23.6 Å². The number of piperazine rings is 1. The van der Waals surface area contributed by atoms with Crippen LogP contribution < -0.4 is 0 Å². The van der Waals surface area contributed by atoms with Crippen molar-refractivity contribution in [2.45, 2.75) is 33.2 Å². The fraction of sp³-hybridized carbons (Fsp3) is 0.360. The van der Waals surface area contributed by atoms with E-state index in [4.69, 9.17) is 0 Å². The Balaban J connectivity index is 1.46. The molecule has 1 fully saturated rings. The van der Waals surface area contributed by atoms with Gasteiger partial charge in [-0.2, -0.15) is 0 Å². The highest BCUT2D eigenvalue weighted by Gasteiger charge is 2.42. The number of fused-ring (bicyclic) bond motifs is 1. The average molecular weight is 434 g/mol. The van der Waals surface area contributed by atoms with E-state index in [9.17, 15) is 19.2 Å². The molecular formula is C25H27N3O4. The largest absolute Gasteiger partial charge is 0.335 e. The molecule has 0 atom stereocenters. The van der Waals surface area contributed by atoms with Crippen molar-refractivity contribution in [2.24, 2.45) is 0 Å². The van der Waals surface area contributed by atoms with Crippen molar-refractivity contribution in [3.05, 3.63) is 70.3 Å². The van der Waals surface area contributed by atoms with E-state index in [-0.39, 0.29) is 29.2 Å². The van der Waals surface area contributed by atoms with Gasteiger partial charge in [-0.25, -0.2) is 0 Å². The van der Waals surface area contributed by atoms with Gasteiger partial charge < -0.3 is 9.80 Å². The first-order valence-electron chi connectivity index (χ1n) is 10.8. The van der Waals surface area contributed by atoms with Gasteiger partial charge in [0.25, 0.3) is 23.6 Å². The molecule has 4 amide bonds. The molecule has 0 aliphatic carbocycles. The summed E-state index contributed by atoms with van der Waals surface area (Å²) in [5.74, 6) is -0.949. The first-order chi connectivity index (χ1) is 15.1. The maximum Gasteiger partial charge on any atom is 0.262 e. The number of imide groups is 1. The van der Waals surface area contributed by atoms with Crippen LogP contribution in [0.4, 0.5) is 0 Å². The van der Waals surface area contributed by atoms with Crippen LogP contribution in [0.15, 0.2) is 42.5 Å². The molecule has 2 aromatic rings. The summed E-state index contributed by atoms with van der Waals surface area (Å²) < 4.78 is 0. The predicted molar refractivity (Wildman–Crippen MR) is 120 cm³/mol. The quantitative estimate of drug-likeness (QED) is 0.682. The van der Waals surface area contributed by atoms with E-state index in [0.717, 1.165) is 5.56 Å². The Morgan fingerprint density at radius 1 is 0.750 bits per heavy atom. The van der Waals surface area contributed by atoms with Crippen molar-refractivity contribution in [3.63, 3.8) is 0 Å². The summed E-state index contributed by atoms with van der Waals surface area (Å²) in [5.41, 5.74) is 2.00. The molecule has 2 heterocycles. The van der Waals surface area contributed by atoms with Crippen LogP contribution in [0, 0.1) is 6.92 Å². The normalized spacial score (nSPS) is 16.4. The lowest BCUT2D eigenvalue weighted by molar-refractivity contribution is 0.0507. The molecule has 0 radical (unpaired) electrons. The maximum atomic E-state index is 13.1. The summed E-state index contributed by atoms with van der Waals surface area (Å²) in [5, 5.41) is 0. The zero-order valence-electron chi connectivity index (χ0n) is 18.8. The minimum absolute atomic E-state index is 0.0373. The van der Waals surface area contributed by atoms with Gasteiger partial charge in [-0.3, -0.25) is 24.1 Å². The van der Waals surface area contributed by atoms with E-state index in [1.807, 2.05) is 25.1 Å². The van der Waals surface area contributed by atoms with Crippen LogP contribution in [0.3, 0.4) is 0 Å². The van der Waals surface area contributed by atoms with Gasteiger partial charge in [-0.05, 0) is 58.0 Å². The van der Waals surface area contributed by atoms with Gasteiger partial charge in [0.1, 0.15) is 0 Å². The van der Waals surface area contributed by atoms with Gasteiger partial charge in [-0.1, -0.05) is 17.7 Å². The summed E-state index contributed by atoms with van der Waals surface area (Å²) >= 11 is 0. The number of hydrogen-bond donors (Lipinski definition) is 0. The van der Waals surface area contributed by atoms with E-state index in [1.54, 1.807) is 48.8 Å². The lowest BCUT2D eigenvalue weighted by Gasteiger charge is -2.35. The van der Waals surface area contributed by atoms with Crippen molar-refractivity contribution in [1.29, 1.82) is 0 Å². The van der Waals surface area contributed by atoms with Gasteiger partial charge in [0, 0.05) is 42.8 Å². The molecule has 4 rings (SSSR count). The lowest BCUT2D eigenvalue weighted by Crippen LogP contribution is -2.50. The Morgan fingerprint density at radius 3 is 1.81 bits per heavy atom. The topological polar surface area (TPSA) is 78.0 Å². The second-order valence-electron chi connectivity index (χ2n) is 9.33. The van der Waals surface area contributed by atoms with Crippen LogP contribution in [0.2, 0.25) is 0 Å². The molecule has 2 aromatic carbocycles. The maximum absolute atomic E-state index is 13.1. The number of carbonyl (C=O) groups is 4. The Bertz CT molecular complexity index is 1120. The minimum atomic E-state index is -0.641. The number of rotatable bonds is 2. The average Bonchev–Trinajstić information content (AvgIpc) is 3.02. The van der Waals surface area contributed by atoms with Gasteiger partial charge in [0.05, 0.1) is 11.1 Å². The molecule has 7 heteroatoms. The van der Waals surface area contributed by atoms with E-state index < -0.39 is 5.54 Å². The summed E-state index contributed by atoms with van der Waals surface area (Å²) in [6.07, 6.45) is 0. The Hall–Kier alpha value is -3.48. The number of nitrogens with zero attached hydrogens (tertiary/aromatic N) is 3. The third-order valence-electron chi connectivity index (χ3n) is 5.92. The molecular weight excluding hydrogens is 406 g/mol. The highest BCUT2D eigenvalue weighted by Crippen LogP contribution is 2.30. The first kappa shape index (κ1) is 21.7. The monoisotopic (exact) mass is 433 g/mol. The highest BCUT2D eigenvalue weighted by atomic mass is 16.2. The molecule has 166 valence electrons. The standard InChI is InChI=1S/C25H27N3O4/c1-16-6-5-7-17(14-16)21(29)26-10-12-27(13-11-26)22(30)18-8-9-19-20(15-18)24(32)28(23(19)31)25(2,3)4/h5-9,14-15H,10-13H2,1-4H3. The molecule has 0 unspecified atom stereocenters. The van der Waals surface area contributed by atoms with Crippen LogP contribution in [0.5, 0.6) is 0 Å². The fourth-order valence-corrected chi connectivity index (χ4v) is 4.24. The first-order valence-corrected chi connectivity index (χ1v) is 10.8. The van der Waals surface area contributed by atoms with Crippen molar-refractivity contribution < 1.29 is 19.2 Å². The number of amides is 4. The van der Waals surface area contributed by atoms with Crippen molar-refractivity contribution in [2.75, 3.05) is 26.2 Å². The summed E-state index contributed by atoms with van der Waals surface area (Å²) in [4.78, 5) is 56.0. The molecule has 0 bridgehead atoms. The minimum Gasteiger partial charge on any atom is -0.335 e. The number of aryl methyl sites for hydroxylation is 1. The molecule has 2 aliphatic rings. The van der Waals surface area contributed by atoms with Crippen LogP contribution in [0.1, 0.15) is 67.8 Å². The van der Waals surface area contributed by atoms with Crippen molar-refractivity contribution in [1.82, 2.24) is 14.7 Å². The third-order valence-corrected chi connectivity index (χ3v) is 5.92.